The first-order valence-corrected chi connectivity index (χ1v) is 6.67. The van der Waals surface area contributed by atoms with Gasteiger partial charge in [-0.1, -0.05) is 0 Å². The van der Waals surface area contributed by atoms with Crippen molar-refractivity contribution in [3.8, 4) is 0 Å². The van der Waals surface area contributed by atoms with Crippen LogP contribution in [0.1, 0.15) is 13.8 Å². The summed E-state index contributed by atoms with van der Waals surface area (Å²) in [6.07, 6.45) is 1.60. The van der Waals surface area contributed by atoms with E-state index >= 15 is 0 Å². The van der Waals surface area contributed by atoms with E-state index in [1.165, 1.54) is 17.9 Å². The first kappa shape index (κ1) is 17.2. The van der Waals surface area contributed by atoms with Crippen LogP contribution in [0.25, 0.3) is 0 Å². The molecule has 1 aromatic heterocycles. The Balaban J connectivity index is 2.89. The van der Waals surface area contributed by atoms with Crippen LogP contribution in [0, 0.1) is 5.41 Å². The van der Waals surface area contributed by atoms with Gasteiger partial charge in [-0.05, 0) is 13.8 Å². The van der Waals surface area contributed by atoms with Crippen molar-refractivity contribution >= 4 is 11.7 Å². The Labute approximate surface area is 124 Å². The number of carbonyl (C=O) groups is 1. The fraction of sp³-hybridized carbons (Fsp3) is 0.643. The average Bonchev–Trinajstić information content (AvgIpc) is 2.45. The average molecular weight is 297 g/mol. The van der Waals surface area contributed by atoms with Crippen LogP contribution in [0.2, 0.25) is 0 Å². The van der Waals surface area contributed by atoms with E-state index < -0.39 is 5.41 Å². The van der Waals surface area contributed by atoms with E-state index in [1.807, 2.05) is 11.9 Å². The lowest BCUT2D eigenvalue weighted by Gasteiger charge is -2.22. The van der Waals surface area contributed by atoms with Gasteiger partial charge in [0.25, 0.3) is 5.56 Å². The van der Waals surface area contributed by atoms with Crippen molar-refractivity contribution in [3.63, 3.8) is 0 Å². The molecule has 0 fully saturated rings. The number of anilines is 1. The summed E-state index contributed by atoms with van der Waals surface area (Å²) in [7, 11) is 4.81. The smallest absolute Gasteiger partial charge is 0.313 e. The number of esters is 1. The van der Waals surface area contributed by atoms with E-state index in [-0.39, 0.29) is 18.1 Å². The fourth-order valence-corrected chi connectivity index (χ4v) is 1.82. The Kier molecular flexibility index (Phi) is 5.90. The zero-order valence-corrected chi connectivity index (χ0v) is 13.3. The summed E-state index contributed by atoms with van der Waals surface area (Å²) in [5, 5.41) is 4.12. The van der Waals surface area contributed by atoms with Crippen LogP contribution < -0.4 is 10.5 Å². The highest BCUT2D eigenvalue weighted by molar-refractivity contribution is 5.75. The lowest BCUT2D eigenvalue weighted by atomic mass is 9.94. The van der Waals surface area contributed by atoms with Crippen molar-refractivity contribution in [2.75, 3.05) is 39.3 Å². The Bertz CT molecular complexity index is 539. The summed E-state index contributed by atoms with van der Waals surface area (Å²) in [5.41, 5.74) is -0.354. The Hall–Kier alpha value is -1.89. The van der Waals surface area contributed by atoms with Crippen molar-refractivity contribution in [1.82, 2.24) is 9.78 Å². The normalized spacial score (nSPS) is 11.3. The first-order chi connectivity index (χ1) is 9.81. The molecule has 0 saturated heterocycles. The van der Waals surface area contributed by atoms with Gasteiger partial charge in [-0.2, -0.15) is 5.10 Å². The molecule has 0 unspecified atom stereocenters. The van der Waals surface area contributed by atoms with Gasteiger partial charge in [0.2, 0.25) is 0 Å². The molecule has 0 amide bonds. The summed E-state index contributed by atoms with van der Waals surface area (Å²) in [4.78, 5) is 25.6. The third-order valence-electron chi connectivity index (χ3n) is 3.21. The molecule has 0 aliphatic heterocycles. The molecule has 1 aromatic rings. The van der Waals surface area contributed by atoms with Gasteiger partial charge in [-0.15, -0.1) is 0 Å². The number of rotatable bonds is 7. The Morgan fingerprint density at radius 3 is 2.62 bits per heavy atom. The minimum atomic E-state index is -0.810. The van der Waals surface area contributed by atoms with E-state index in [9.17, 15) is 9.59 Å². The van der Waals surface area contributed by atoms with Gasteiger partial charge in [0.05, 0.1) is 37.6 Å². The summed E-state index contributed by atoms with van der Waals surface area (Å²) in [5.74, 6) is -0.377. The number of likely N-dealkylation sites (N-methyl/N-ethyl adjacent to an activating group) is 1. The Morgan fingerprint density at radius 1 is 1.43 bits per heavy atom. The molecule has 118 valence electrons. The summed E-state index contributed by atoms with van der Waals surface area (Å²) in [6.45, 7) is 4.82. The number of nitrogens with zero attached hydrogens (tertiary/aromatic N) is 3. The van der Waals surface area contributed by atoms with Gasteiger partial charge in [0.1, 0.15) is 0 Å². The molecule has 0 radical (unpaired) electrons. The van der Waals surface area contributed by atoms with E-state index in [0.717, 1.165) is 0 Å². The first-order valence-electron chi connectivity index (χ1n) is 6.67. The van der Waals surface area contributed by atoms with Crippen LogP contribution in [0.3, 0.4) is 0 Å². The molecule has 1 heterocycles. The maximum absolute atomic E-state index is 12.1. The third kappa shape index (κ3) is 4.56. The minimum Gasteiger partial charge on any atom is -0.469 e. The monoisotopic (exact) mass is 297 g/mol. The third-order valence-corrected chi connectivity index (χ3v) is 3.21. The van der Waals surface area contributed by atoms with Crippen LogP contribution in [0.5, 0.6) is 0 Å². The van der Waals surface area contributed by atoms with Gasteiger partial charge in [0, 0.05) is 26.8 Å². The highest BCUT2D eigenvalue weighted by Crippen LogP contribution is 2.18. The van der Waals surface area contributed by atoms with Gasteiger partial charge < -0.3 is 14.4 Å². The second-order valence-corrected chi connectivity index (χ2v) is 5.50. The van der Waals surface area contributed by atoms with Gasteiger partial charge in [-0.25, -0.2) is 4.68 Å². The van der Waals surface area contributed by atoms with Crippen LogP contribution in [-0.4, -0.2) is 50.2 Å². The van der Waals surface area contributed by atoms with Crippen LogP contribution in [-0.2, 0) is 20.8 Å². The standard InChI is InChI=1S/C14H23N3O4/c1-14(2,13(19)21-5)10-17-12(18)8-11(9-15-17)16(3)6-7-20-4/h8-9H,6-7,10H2,1-5H3. The second-order valence-electron chi connectivity index (χ2n) is 5.50. The molecule has 21 heavy (non-hydrogen) atoms. The molecular formula is C14H23N3O4. The van der Waals surface area contributed by atoms with Crippen molar-refractivity contribution in [2.45, 2.75) is 20.4 Å². The topological polar surface area (TPSA) is 73.7 Å². The Morgan fingerprint density at radius 2 is 2.10 bits per heavy atom. The lowest BCUT2D eigenvalue weighted by Crippen LogP contribution is -2.36. The molecule has 0 aliphatic carbocycles. The predicted octanol–water partition coefficient (Wildman–Crippen LogP) is 0.525. The number of carbonyl (C=O) groups excluding carboxylic acids is 1. The van der Waals surface area contributed by atoms with E-state index in [4.69, 9.17) is 9.47 Å². The number of aromatic nitrogens is 2. The number of hydrogen-bond acceptors (Lipinski definition) is 6. The van der Waals surface area contributed by atoms with Crippen LogP contribution in [0.4, 0.5) is 5.69 Å². The zero-order valence-electron chi connectivity index (χ0n) is 13.3. The maximum atomic E-state index is 12.1. The molecule has 0 bridgehead atoms. The molecule has 0 aliphatic rings. The SMILES string of the molecule is COCCN(C)c1cnn(CC(C)(C)C(=O)OC)c(=O)c1. The van der Waals surface area contributed by atoms with Gasteiger partial charge in [-0.3, -0.25) is 9.59 Å². The maximum Gasteiger partial charge on any atom is 0.313 e. The van der Waals surface area contributed by atoms with Crippen molar-refractivity contribution < 1.29 is 14.3 Å². The molecule has 0 spiro atoms. The molecular weight excluding hydrogens is 274 g/mol. The molecule has 1 rings (SSSR count). The van der Waals surface area contributed by atoms with Crippen molar-refractivity contribution in [2.24, 2.45) is 5.41 Å². The number of ether oxygens (including phenoxy) is 2. The highest BCUT2D eigenvalue weighted by Gasteiger charge is 2.30. The lowest BCUT2D eigenvalue weighted by molar-refractivity contribution is -0.151. The van der Waals surface area contributed by atoms with Crippen molar-refractivity contribution in [1.29, 1.82) is 0 Å². The van der Waals surface area contributed by atoms with Crippen LogP contribution in [0.15, 0.2) is 17.1 Å². The molecule has 0 N–H and O–H groups in total. The zero-order chi connectivity index (χ0) is 16.0. The fourth-order valence-electron chi connectivity index (χ4n) is 1.82. The number of methoxy groups -OCH3 is 2. The highest BCUT2D eigenvalue weighted by atomic mass is 16.5. The molecule has 0 atom stereocenters. The molecule has 0 aromatic carbocycles. The molecule has 7 nitrogen and oxygen atoms in total. The van der Waals surface area contributed by atoms with Gasteiger partial charge in [0.15, 0.2) is 0 Å². The largest absolute Gasteiger partial charge is 0.469 e. The predicted molar refractivity (Wildman–Crippen MR) is 79.4 cm³/mol. The molecule has 7 heteroatoms. The van der Waals surface area contributed by atoms with E-state index in [0.29, 0.717) is 18.8 Å². The van der Waals surface area contributed by atoms with E-state index in [1.54, 1.807) is 27.2 Å². The summed E-state index contributed by atoms with van der Waals surface area (Å²) >= 11 is 0. The number of hydrogen-bond donors (Lipinski definition) is 0. The summed E-state index contributed by atoms with van der Waals surface area (Å²) < 4.78 is 11.0. The molecule has 0 saturated carbocycles. The summed E-state index contributed by atoms with van der Waals surface area (Å²) in [6, 6.07) is 1.50. The van der Waals surface area contributed by atoms with Crippen molar-refractivity contribution in [3.05, 3.63) is 22.6 Å². The van der Waals surface area contributed by atoms with Gasteiger partial charge >= 0.3 is 5.97 Å². The minimum absolute atomic E-state index is 0.167. The second kappa shape index (κ2) is 7.21. The van der Waals surface area contributed by atoms with Crippen LogP contribution >= 0.6 is 0 Å². The van der Waals surface area contributed by atoms with E-state index in [2.05, 4.69) is 5.10 Å². The quantitative estimate of drug-likeness (QED) is 0.683.